The minimum Gasteiger partial charge on any atom is -0.333 e. The first-order chi connectivity index (χ1) is 9.38. The van der Waals surface area contributed by atoms with Gasteiger partial charge in [0.25, 0.3) is 0 Å². The van der Waals surface area contributed by atoms with Crippen LogP contribution in [0.1, 0.15) is 36.0 Å². The molecule has 0 radical (unpaired) electrons. The van der Waals surface area contributed by atoms with Crippen LogP contribution in [0.2, 0.25) is 0 Å². The number of aromatic nitrogens is 1. The van der Waals surface area contributed by atoms with E-state index in [0.29, 0.717) is 0 Å². The molecule has 2 heterocycles. The lowest BCUT2D eigenvalue weighted by molar-refractivity contribution is 0.112. The Kier molecular flexibility index (Phi) is 3.65. The fourth-order valence-electron chi connectivity index (χ4n) is 2.98. The van der Waals surface area contributed by atoms with Gasteiger partial charge in [-0.05, 0) is 32.0 Å². The van der Waals surface area contributed by atoms with Crippen molar-refractivity contribution in [2.75, 3.05) is 13.1 Å². The van der Waals surface area contributed by atoms with Gasteiger partial charge in [0.2, 0.25) is 0 Å². The molecule has 100 valence electrons. The van der Waals surface area contributed by atoms with Crippen LogP contribution in [0.15, 0.2) is 30.5 Å². The van der Waals surface area contributed by atoms with Crippen molar-refractivity contribution < 1.29 is 4.79 Å². The van der Waals surface area contributed by atoms with Crippen molar-refractivity contribution in [2.45, 2.75) is 32.4 Å². The number of para-hydroxylation sites is 1. The lowest BCUT2D eigenvalue weighted by Gasteiger charge is -2.21. The highest BCUT2D eigenvalue weighted by Gasteiger charge is 2.12. The third-order valence-electron chi connectivity index (χ3n) is 4.00. The Morgan fingerprint density at radius 1 is 1.05 bits per heavy atom. The zero-order chi connectivity index (χ0) is 13.1. The summed E-state index contributed by atoms with van der Waals surface area (Å²) in [7, 11) is 0. The molecule has 1 aliphatic rings. The van der Waals surface area contributed by atoms with E-state index in [1.807, 2.05) is 24.4 Å². The lowest BCUT2D eigenvalue weighted by Crippen LogP contribution is -2.27. The van der Waals surface area contributed by atoms with Gasteiger partial charge in [0.15, 0.2) is 6.29 Å². The van der Waals surface area contributed by atoms with Crippen LogP contribution in [-0.4, -0.2) is 28.8 Å². The average molecular weight is 256 g/mol. The molecule has 0 bridgehead atoms. The van der Waals surface area contributed by atoms with Gasteiger partial charge in [0.1, 0.15) is 0 Å². The highest BCUT2D eigenvalue weighted by Crippen LogP contribution is 2.21. The van der Waals surface area contributed by atoms with Crippen LogP contribution in [-0.2, 0) is 6.67 Å². The Morgan fingerprint density at radius 3 is 2.53 bits per heavy atom. The van der Waals surface area contributed by atoms with Crippen molar-refractivity contribution in [3.05, 3.63) is 36.0 Å². The fourth-order valence-corrected chi connectivity index (χ4v) is 2.98. The van der Waals surface area contributed by atoms with Crippen molar-refractivity contribution in [1.82, 2.24) is 9.47 Å². The third-order valence-corrected chi connectivity index (χ3v) is 4.00. The summed E-state index contributed by atoms with van der Waals surface area (Å²) in [4.78, 5) is 13.6. The fraction of sp³-hybridized carbons (Fsp3) is 0.438. The summed E-state index contributed by atoms with van der Waals surface area (Å²) in [6.45, 7) is 3.24. The number of aldehydes is 1. The van der Waals surface area contributed by atoms with E-state index in [4.69, 9.17) is 0 Å². The molecule has 2 aromatic rings. The largest absolute Gasteiger partial charge is 0.333 e. The topological polar surface area (TPSA) is 25.2 Å². The van der Waals surface area contributed by atoms with Gasteiger partial charge in [-0.3, -0.25) is 9.69 Å². The average Bonchev–Trinajstić information content (AvgIpc) is 2.62. The van der Waals surface area contributed by atoms with E-state index in [-0.39, 0.29) is 0 Å². The molecule has 0 aliphatic carbocycles. The molecule has 0 amide bonds. The molecule has 0 atom stereocenters. The van der Waals surface area contributed by atoms with Crippen LogP contribution in [0.3, 0.4) is 0 Å². The highest BCUT2D eigenvalue weighted by molar-refractivity contribution is 5.97. The summed E-state index contributed by atoms with van der Waals surface area (Å²) in [6.07, 6.45) is 8.23. The van der Waals surface area contributed by atoms with Gasteiger partial charge in [-0.1, -0.05) is 31.0 Å². The first-order valence-electron chi connectivity index (χ1n) is 7.14. The molecule has 0 spiro atoms. The summed E-state index contributed by atoms with van der Waals surface area (Å²) < 4.78 is 2.21. The number of fused-ring (bicyclic) bond motifs is 1. The maximum absolute atomic E-state index is 11.2. The van der Waals surface area contributed by atoms with Gasteiger partial charge in [0, 0.05) is 22.7 Å². The number of likely N-dealkylation sites (tertiary alicyclic amines) is 1. The molecular formula is C16H20N2O. The molecule has 19 heavy (non-hydrogen) atoms. The maximum atomic E-state index is 11.2. The van der Waals surface area contributed by atoms with Crippen molar-refractivity contribution >= 4 is 17.2 Å². The van der Waals surface area contributed by atoms with E-state index in [0.717, 1.165) is 29.4 Å². The van der Waals surface area contributed by atoms with Crippen LogP contribution in [0.4, 0.5) is 0 Å². The first kappa shape index (κ1) is 12.4. The molecule has 3 rings (SSSR count). The van der Waals surface area contributed by atoms with E-state index >= 15 is 0 Å². The number of rotatable bonds is 3. The molecule has 0 N–H and O–H groups in total. The van der Waals surface area contributed by atoms with Gasteiger partial charge < -0.3 is 4.57 Å². The summed E-state index contributed by atoms with van der Waals surface area (Å²) in [5.74, 6) is 0. The highest BCUT2D eigenvalue weighted by atomic mass is 16.1. The maximum Gasteiger partial charge on any atom is 0.152 e. The summed E-state index contributed by atoms with van der Waals surface area (Å²) >= 11 is 0. The van der Waals surface area contributed by atoms with Gasteiger partial charge in [0.05, 0.1) is 6.67 Å². The molecule has 1 saturated heterocycles. The smallest absolute Gasteiger partial charge is 0.152 e. The second kappa shape index (κ2) is 5.57. The van der Waals surface area contributed by atoms with E-state index < -0.39 is 0 Å². The lowest BCUT2D eigenvalue weighted by atomic mass is 10.2. The summed E-state index contributed by atoms with van der Waals surface area (Å²) in [5, 5.41) is 1.06. The van der Waals surface area contributed by atoms with Crippen molar-refractivity contribution in [3.8, 4) is 0 Å². The molecule has 1 aromatic carbocycles. The monoisotopic (exact) mass is 256 g/mol. The number of carbonyl (C=O) groups is 1. The quantitative estimate of drug-likeness (QED) is 0.787. The predicted molar refractivity (Wildman–Crippen MR) is 77.4 cm³/mol. The SMILES string of the molecule is O=Cc1cn(CN2CCCCCC2)c2ccccc12. The Balaban J connectivity index is 1.89. The van der Waals surface area contributed by atoms with Crippen LogP contribution in [0.5, 0.6) is 0 Å². The Bertz CT molecular complexity index is 565. The zero-order valence-corrected chi connectivity index (χ0v) is 11.2. The molecule has 1 aliphatic heterocycles. The van der Waals surface area contributed by atoms with E-state index in [2.05, 4.69) is 15.5 Å². The second-order valence-electron chi connectivity index (χ2n) is 5.36. The molecule has 3 heteroatoms. The number of carbonyl (C=O) groups excluding carboxylic acids is 1. The number of nitrogens with zero attached hydrogens (tertiary/aromatic N) is 2. The minimum atomic E-state index is 0.797. The molecular weight excluding hydrogens is 236 g/mol. The van der Waals surface area contributed by atoms with E-state index in [1.165, 1.54) is 38.8 Å². The van der Waals surface area contributed by atoms with E-state index in [9.17, 15) is 4.79 Å². The summed E-state index contributed by atoms with van der Waals surface area (Å²) in [6, 6.07) is 8.15. The number of hydrogen-bond acceptors (Lipinski definition) is 2. The van der Waals surface area contributed by atoms with Crippen LogP contribution < -0.4 is 0 Å². The second-order valence-corrected chi connectivity index (χ2v) is 5.36. The van der Waals surface area contributed by atoms with Gasteiger partial charge in [-0.2, -0.15) is 0 Å². The van der Waals surface area contributed by atoms with Gasteiger partial charge in [-0.25, -0.2) is 0 Å². The molecule has 1 aromatic heterocycles. The van der Waals surface area contributed by atoms with Crippen molar-refractivity contribution in [3.63, 3.8) is 0 Å². The third kappa shape index (κ3) is 2.56. The van der Waals surface area contributed by atoms with Crippen LogP contribution >= 0.6 is 0 Å². The number of benzene rings is 1. The molecule has 0 unspecified atom stereocenters. The normalized spacial score (nSPS) is 17.5. The predicted octanol–water partition coefficient (Wildman–Crippen LogP) is 3.29. The number of hydrogen-bond donors (Lipinski definition) is 0. The molecule has 3 nitrogen and oxygen atoms in total. The Hall–Kier alpha value is -1.61. The van der Waals surface area contributed by atoms with Crippen LogP contribution in [0.25, 0.3) is 10.9 Å². The van der Waals surface area contributed by atoms with Crippen molar-refractivity contribution in [1.29, 1.82) is 0 Å². The van der Waals surface area contributed by atoms with Crippen molar-refractivity contribution in [2.24, 2.45) is 0 Å². The first-order valence-corrected chi connectivity index (χ1v) is 7.14. The zero-order valence-electron chi connectivity index (χ0n) is 11.2. The Morgan fingerprint density at radius 2 is 1.79 bits per heavy atom. The van der Waals surface area contributed by atoms with Crippen LogP contribution in [0, 0.1) is 0 Å². The molecule has 0 saturated carbocycles. The summed E-state index contributed by atoms with van der Waals surface area (Å²) in [5.41, 5.74) is 1.96. The van der Waals surface area contributed by atoms with E-state index in [1.54, 1.807) is 0 Å². The Labute approximate surface area is 113 Å². The molecule has 1 fully saturated rings. The minimum absolute atomic E-state index is 0.797. The van der Waals surface area contributed by atoms with Gasteiger partial charge in [-0.15, -0.1) is 0 Å². The van der Waals surface area contributed by atoms with Gasteiger partial charge >= 0.3 is 0 Å². The standard InChI is InChI=1S/C16H20N2O/c19-12-14-11-18(16-8-4-3-7-15(14)16)13-17-9-5-1-2-6-10-17/h3-4,7-8,11-12H,1-2,5-6,9-10,13H2.